The number of quaternary nitrogens is 1. The van der Waals surface area contributed by atoms with Crippen LogP contribution in [0, 0.1) is 0 Å². The molecule has 0 aliphatic heterocycles. The van der Waals surface area contributed by atoms with Gasteiger partial charge in [0.2, 0.25) is 6.23 Å². The van der Waals surface area contributed by atoms with Crippen molar-refractivity contribution < 1.29 is 31.0 Å². The lowest BCUT2D eigenvalue weighted by molar-refractivity contribution is -0.947. The lowest BCUT2D eigenvalue weighted by Crippen LogP contribution is -3.00. The molecule has 3 nitrogen and oxygen atoms in total. The van der Waals surface area contributed by atoms with Gasteiger partial charge in [0.25, 0.3) is 0 Å². The van der Waals surface area contributed by atoms with Gasteiger partial charge in [-0.25, -0.2) is 4.79 Å². The molecule has 1 aromatic rings. The first-order valence-electron chi connectivity index (χ1n) is 6.69. The number of esters is 1. The number of nitrogens with zero attached hydrogens (tertiary/aromatic N) is 1. The second kappa shape index (κ2) is 8.93. The Labute approximate surface area is 132 Å². The molecule has 0 aliphatic rings. The fourth-order valence-electron chi connectivity index (χ4n) is 2.14. The van der Waals surface area contributed by atoms with Crippen molar-refractivity contribution in [3.63, 3.8) is 0 Å². The summed E-state index contributed by atoms with van der Waals surface area (Å²) in [5, 5.41) is 0. The molecule has 0 radical (unpaired) electrons. The third-order valence-corrected chi connectivity index (χ3v) is 3.17. The minimum absolute atomic E-state index is 0. The van der Waals surface area contributed by atoms with E-state index >= 15 is 0 Å². The zero-order chi connectivity index (χ0) is 14.3. The van der Waals surface area contributed by atoms with Gasteiger partial charge in [0.1, 0.15) is 6.54 Å². The maximum atomic E-state index is 11.4. The lowest BCUT2D eigenvalue weighted by Gasteiger charge is -2.36. The van der Waals surface area contributed by atoms with Crippen LogP contribution in [0.3, 0.4) is 0 Å². The van der Waals surface area contributed by atoms with Gasteiger partial charge in [-0.2, -0.15) is 0 Å². The van der Waals surface area contributed by atoms with E-state index in [9.17, 15) is 4.79 Å². The van der Waals surface area contributed by atoms with Gasteiger partial charge in [-0.15, -0.1) is 0 Å². The SMILES string of the molecule is C=CC(=O)OC(CCC)[N+](C)(C)Cc1ccccc1.[Br-]. The zero-order valence-corrected chi connectivity index (χ0v) is 14.1. The fraction of sp³-hybridized carbons (Fsp3) is 0.438. The monoisotopic (exact) mass is 341 g/mol. The van der Waals surface area contributed by atoms with E-state index in [-0.39, 0.29) is 29.2 Å². The topological polar surface area (TPSA) is 26.3 Å². The molecule has 0 saturated carbocycles. The summed E-state index contributed by atoms with van der Waals surface area (Å²) in [7, 11) is 4.17. The highest BCUT2D eigenvalue weighted by atomic mass is 79.9. The molecule has 1 rings (SSSR count). The molecule has 0 N–H and O–H groups in total. The van der Waals surface area contributed by atoms with Gasteiger partial charge in [-0.3, -0.25) is 4.48 Å². The van der Waals surface area contributed by atoms with Crippen molar-refractivity contribution in [3.8, 4) is 0 Å². The molecule has 0 amide bonds. The first-order chi connectivity index (χ1) is 8.99. The molecule has 0 fully saturated rings. The van der Waals surface area contributed by atoms with Crippen molar-refractivity contribution in [2.75, 3.05) is 14.1 Å². The number of carbonyl (C=O) groups is 1. The maximum Gasteiger partial charge on any atom is 0.334 e. The number of carbonyl (C=O) groups excluding carboxylic acids is 1. The second-order valence-electron chi connectivity index (χ2n) is 5.31. The van der Waals surface area contributed by atoms with Crippen LogP contribution >= 0.6 is 0 Å². The molecule has 112 valence electrons. The molecule has 0 aliphatic carbocycles. The van der Waals surface area contributed by atoms with Crippen LogP contribution in [0.2, 0.25) is 0 Å². The maximum absolute atomic E-state index is 11.4. The van der Waals surface area contributed by atoms with E-state index in [1.165, 1.54) is 11.6 Å². The summed E-state index contributed by atoms with van der Waals surface area (Å²) >= 11 is 0. The molecule has 0 bridgehead atoms. The summed E-state index contributed by atoms with van der Waals surface area (Å²) in [6.45, 7) is 6.38. The van der Waals surface area contributed by atoms with Crippen LogP contribution in [-0.4, -0.2) is 30.8 Å². The summed E-state index contributed by atoms with van der Waals surface area (Å²) in [6, 6.07) is 10.3. The average molecular weight is 342 g/mol. The predicted octanol–water partition coefficient (Wildman–Crippen LogP) is 0.122. The number of ether oxygens (including phenoxy) is 1. The highest BCUT2D eigenvalue weighted by Gasteiger charge is 2.30. The van der Waals surface area contributed by atoms with Crippen LogP contribution in [0.15, 0.2) is 43.0 Å². The molecule has 4 heteroatoms. The van der Waals surface area contributed by atoms with Crippen LogP contribution in [0.5, 0.6) is 0 Å². The Morgan fingerprint density at radius 3 is 2.45 bits per heavy atom. The average Bonchev–Trinajstić information content (AvgIpc) is 2.38. The van der Waals surface area contributed by atoms with Crippen molar-refractivity contribution in [2.45, 2.75) is 32.5 Å². The normalized spacial score (nSPS) is 12.2. The summed E-state index contributed by atoms with van der Waals surface area (Å²) in [6.07, 6.45) is 2.91. The number of halogens is 1. The van der Waals surface area contributed by atoms with Gasteiger partial charge in [-0.1, -0.05) is 43.8 Å². The van der Waals surface area contributed by atoms with Crippen molar-refractivity contribution in [1.82, 2.24) is 0 Å². The molecular weight excluding hydrogens is 318 g/mol. The van der Waals surface area contributed by atoms with Crippen molar-refractivity contribution in [3.05, 3.63) is 48.6 Å². The Bertz CT molecular complexity index is 418. The van der Waals surface area contributed by atoms with Crippen molar-refractivity contribution >= 4 is 5.97 Å². The molecule has 1 atom stereocenters. The quantitative estimate of drug-likeness (QED) is 0.305. The van der Waals surface area contributed by atoms with Crippen LogP contribution in [0.25, 0.3) is 0 Å². The Morgan fingerprint density at radius 1 is 1.35 bits per heavy atom. The zero-order valence-electron chi connectivity index (χ0n) is 12.5. The summed E-state index contributed by atoms with van der Waals surface area (Å²) < 4.78 is 6.11. The highest BCUT2D eigenvalue weighted by Crippen LogP contribution is 2.19. The highest BCUT2D eigenvalue weighted by molar-refractivity contribution is 5.81. The number of benzene rings is 1. The minimum atomic E-state index is -0.349. The van der Waals surface area contributed by atoms with E-state index in [4.69, 9.17) is 4.74 Å². The summed E-state index contributed by atoms with van der Waals surface area (Å²) in [4.78, 5) is 11.4. The van der Waals surface area contributed by atoms with E-state index in [1.54, 1.807) is 0 Å². The Kier molecular flexibility index (Phi) is 8.42. The van der Waals surface area contributed by atoms with Gasteiger partial charge < -0.3 is 21.7 Å². The molecule has 0 aromatic heterocycles. The molecule has 20 heavy (non-hydrogen) atoms. The third-order valence-electron chi connectivity index (χ3n) is 3.17. The van der Waals surface area contributed by atoms with E-state index in [0.29, 0.717) is 4.48 Å². The molecule has 0 saturated heterocycles. The molecule has 1 unspecified atom stereocenters. The van der Waals surface area contributed by atoms with E-state index in [2.05, 4.69) is 39.7 Å². The Balaban J connectivity index is 0.00000361. The van der Waals surface area contributed by atoms with Crippen molar-refractivity contribution in [2.24, 2.45) is 0 Å². The van der Waals surface area contributed by atoms with Gasteiger partial charge in [0.15, 0.2) is 0 Å². The molecule has 0 spiro atoms. The van der Waals surface area contributed by atoms with E-state index < -0.39 is 0 Å². The first kappa shape index (κ1) is 18.9. The number of hydrogen-bond donors (Lipinski definition) is 0. The number of rotatable bonds is 7. The second-order valence-corrected chi connectivity index (χ2v) is 5.31. The van der Waals surface area contributed by atoms with Crippen LogP contribution in [0.1, 0.15) is 25.3 Å². The van der Waals surface area contributed by atoms with Crippen molar-refractivity contribution in [1.29, 1.82) is 0 Å². The van der Waals surface area contributed by atoms with Gasteiger partial charge >= 0.3 is 5.97 Å². The van der Waals surface area contributed by atoms with E-state index in [1.807, 2.05) is 18.2 Å². The third kappa shape index (κ3) is 5.88. The summed E-state index contributed by atoms with van der Waals surface area (Å²) in [5.74, 6) is -0.349. The largest absolute Gasteiger partial charge is 1.00 e. The van der Waals surface area contributed by atoms with E-state index in [0.717, 1.165) is 19.4 Å². The van der Waals surface area contributed by atoms with Gasteiger partial charge in [-0.05, 0) is 6.42 Å². The smallest absolute Gasteiger partial charge is 0.334 e. The molecule has 0 heterocycles. The van der Waals surface area contributed by atoms with Gasteiger partial charge in [0, 0.05) is 18.1 Å². The Morgan fingerprint density at radius 2 is 1.95 bits per heavy atom. The van der Waals surface area contributed by atoms with Crippen LogP contribution in [-0.2, 0) is 16.1 Å². The molecule has 1 aromatic carbocycles. The fourth-order valence-corrected chi connectivity index (χ4v) is 2.14. The Hall–Kier alpha value is -1.13. The standard InChI is InChI=1S/C16H24NO2.BrH/c1-5-10-15(19-16(18)6-2)17(3,4)13-14-11-8-7-9-12-14;/h6-9,11-12,15H,2,5,10,13H2,1,3-4H3;1H/q+1;/p-1. The number of hydrogen-bond acceptors (Lipinski definition) is 2. The van der Waals surface area contributed by atoms with Crippen LogP contribution in [0.4, 0.5) is 0 Å². The predicted molar refractivity (Wildman–Crippen MR) is 77.2 cm³/mol. The van der Waals surface area contributed by atoms with Crippen LogP contribution < -0.4 is 17.0 Å². The minimum Gasteiger partial charge on any atom is -1.00 e. The molecular formula is C16H24BrNO2. The summed E-state index contributed by atoms with van der Waals surface area (Å²) in [5.41, 5.74) is 1.24. The lowest BCUT2D eigenvalue weighted by atomic mass is 10.1. The first-order valence-corrected chi connectivity index (χ1v) is 6.69. The van der Waals surface area contributed by atoms with Gasteiger partial charge in [0.05, 0.1) is 14.1 Å².